The fourth-order valence-corrected chi connectivity index (χ4v) is 2.84. The number of aromatic hydroxyl groups is 1. The summed E-state index contributed by atoms with van der Waals surface area (Å²) in [6.45, 7) is 0. The highest BCUT2D eigenvalue weighted by atomic mass is 32.2. The molecule has 94 valence electrons. The lowest BCUT2D eigenvalue weighted by Crippen LogP contribution is -2.10. The van der Waals surface area contributed by atoms with Gasteiger partial charge in [-0.25, -0.2) is 13.2 Å². The molecule has 5 nitrogen and oxygen atoms in total. The van der Waals surface area contributed by atoms with Crippen LogP contribution in [0.4, 0.5) is 0 Å². The molecule has 0 unspecified atom stereocenters. The van der Waals surface area contributed by atoms with Crippen LogP contribution in [-0.2, 0) is 19.4 Å². The number of phenols is 1. The first-order valence-electron chi connectivity index (χ1n) is 5.00. The van der Waals surface area contributed by atoms with Crippen LogP contribution in [0.5, 0.6) is 5.75 Å². The number of benzene rings is 1. The molecular weight excluding hydrogens is 256 g/mol. The number of allylic oxidation sites excluding steroid dienone is 2. The summed E-state index contributed by atoms with van der Waals surface area (Å²) in [6, 6.07) is 6.00. The molecule has 0 aromatic heterocycles. The average molecular weight is 266 g/mol. The third-order valence-corrected chi connectivity index (χ3v) is 3.92. The van der Waals surface area contributed by atoms with E-state index in [1.54, 1.807) is 12.1 Å². The quantitative estimate of drug-likeness (QED) is 0.814. The molecule has 1 aromatic rings. The minimum absolute atomic E-state index is 0.0809. The van der Waals surface area contributed by atoms with Crippen molar-refractivity contribution in [3.63, 3.8) is 0 Å². The van der Waals surface area contributed by atoms with Crippen LogP contribution in [0.1, 0.15) is 5.56 Å². The molecule has 2 rings (SSSR count). The van der Waals surface area contributed by atoms with E-state index in [2.05, 4.69) is 4.74 Å². The van der Waals surface area contributed by atoms with Gasteiger partial charge in [0.15, 0.2) is 4.91 Å². The van der Waals surface area contributed by atoms with Crippen LogP contribution in [0.3, 0.4) is 0 Å². The Morgan fingerprint density at radius 3 is 2.39 bits per heavy atom. The SMILES string of the molecule is COC(=O)C1=CC(c2ccc(O)cc2)=CS1(=O)=O. The number of carbonyl (C=O) groups excluding carboxylic acids is 1. The number of esters is 1. The minimum Gasteiger partial charge on any atom is -0.508 e. The van der Waals surface area contributed by atoms with Crippen molar-refractivity contribution >= 4 is 21.4 Å². The summed E-state index contributed by atoms with van der Waals surface area (Å²) in [5, 5.41) is 10.2. The van der Waals surface area contributed by atoms with Crippen molar-refractivity contribution in [2.24, 2.45) is 0 Å². The highest BCUT2D eigenvalue weighted by molar-refractivity contribution is 7.99. The largest absolute Gasteiger partial charge is 0.508 e. The predicted octanol–water partition coefficient (Wildman–Crippen LogP) is 1.22. The van der Waals surface area contributed by atoms with Gasteiger partial charge in [0.25, 0.3) is 0 Å². The minimum atomic E-state index is -3.74. The van der Waals surface area contributed by atoms with Crippen molar-refractivity contribution in [1.82, 2.24) is 0 Å². The molecule has 0 radical (unpaired) electrons. The lowest BCUT2D eigenvalue weighted by molar-refractivity contribution is -0.135. The Morgan fingerprint density at radius 2 is 1.83 bits per heavy atom. The molecule has 0 atom stereocenters. The molecule has 0 saturated heterocycles. The Kier molecular flexibility index (Phi) is 2.96. The number of methoxy groups -OCH3 is 1. The second kappa shape index (κ2) is 4.30. The van der Waals surface area contributed by atoms with Gasteiger partial charge in [0.1, 0.15) is 5.75 Å². The molecule has 0 amide bonds. The molecule has 1 aromatic carbocycles. The third kappa shape index (κ3) is 2.14. The molecule has 0 bridgehead atoms. The fourth-order valence-electron chi connectivity index (χ4n) is 1.57. The van der Waals surface area contributed by atoms with E-state index >= 15 is 0 Å². The molecule has 0 spiro atoms. The fraction of sp³-hybridized carbons (Fsp3) is 0.0833. The normalized spacial score (nSPS) is 16.9. The van der Waals surface area contributed by atoms with E-state index in [0.29, 0.717) is 11.1 Å². The lowest BCUT2D eigenvalue weighted by Gasteiger charge is -1.98. The highest BCUT2D eigenvalue weighted by Crippen LogP contribution is 2.30. The summed E-state index contributed by atoms with van der Waals surface area (Å²) < 4.78 is 27.8. The van der Waals surface area contributed by atoms with Crippen molar-refractivity contribution in [3.05, 3.63) is 46.2 Å². The summed E-state index contributed by atoms with van der Waals surface area (Å²) in [6.07, 6.45) is 1.26. The van der Waals surface area contributed by atoms with Gasteiger partial charge in [-0.05, 0) is 29.3 Å². The third-order valence-electron chi connectivity index (χ3n) is 2.46. The van der Waals surface area contributed by atoms with Crippen molar-refractivity contribution < 1.29 is 23.1 Å². The zero-order chi connectivity index (χ0) is 13.3. The van der Waals surface area contributed by atoms with Gasteiger partial charge in [-0.15, -0.1) is 0 Å². The van der Waals surface area contributed by atoms with Gasteiger partial charge in [-0.2, -0.15) is 0 Å². The number of sulfone groups is 1. The Morgan fingerprint density at radius 1 is 1.22 bits per heavy atom. The molecule has 0 saturated carbocycles. The predicted molar refractivity (Wildman–Crippen MR) is 65.1 cm³/mol. The van der Waals surface area contributed by atoms with Crippen LogP contribution in [0.15, 0.2) is 40.7 Å². The Balaban J connectivity index is 2.46. The van der Waals surface area contributed by atoms with E-state index in [1.165, 1.54) is 18.2 Å². The van der Waals surface area contributed by atoms with Gasteiger partial charge in [-0.3, -0.25) is 0 Å². The van der Waals surface area contributed by atoms with Crippen LogP contribution in [-0.4, -0.2) is 26.6 Å². The van der Waals surface area contributed by atoms with Crippen LogP contribution in [0.2, 0.25) is 0 Å². The zero-order valence-electron chi connectivity index (χ0n) is 9.45. The van der Waals surface area contributed by atoms with E-state index in [4.69, 9.17) is 5.11 Å². The van der Waals surface area contributed by atoms with Gasteiger partial charge in [0, 0.05) is 5.41 Å². The maximum atomic E-state index is 11.7. The molecule has 1 N–H and O–H groups in total. The van der Waals surface area contributed by atoms with Gasteiger partial charge in [0.2, 0.25) is 9.84 Å². The number of carbonyl (C=O) groups is 1. The molecule has 1 aliphatic rings. The first-order chi connectivity index (χ1) is 8.44. The summed E-state index contributed by atoms with van der Waals surface area (Å²) in [7, 11) is -2.62. The molecular formula is C12H10O5S. The monoisotopic (exact) mass is 266 g/mol. The van der Waals surface area contributed by atoms with Gasteiger partial charge < -0.3 is 9.84 Å². The molecule has 0 fully saturated rings. The first-order valence-corrected chi connectivity index (χ1v) is 6.55. The number of phenolic OH excluding ortho intramolecular Hbond substituents is 1. The lowest BCUT2D eigenvalue weighted by atomic mass is 10.1. The molecule has 0 aliphatic carbocycles. The van der Waals surface area contributed by atoms with E-state index in [-0.39, 0.29) is 10.7 Å². The second-order valence-electron chi connectivity index (χ2n) is 3.67. The van der Waals surface area contributed by atoms with Crippen LogP contribution >= 0.6 is 0 Å². The van der Waals surface area contributed by atoms with E-state index in [1.807, 2.05) is 0 Å². The molecule has 18 heavy (non-hydrogen) atoms. The Hall–Kier alpha value is -2.08. The van der Waals surface area contributed by atoms with E-state index < -0.39 is 15.8 Å². The average Bonchev–Trinajstić information content (AvgIpc) is 2.65. The Labute approximate surface area is 104 Å². The zero-order valence-corrected chi connectivity index (χ0v) is 10.3. The van der Waals surface area contributed by atoms with Crippen LogP contribution < -0.4 is 0 Å². The second-order valence-corrected chi connectivity index (χ2v) is 5.43. The van der Waals surface area contributed by atoms with Crippen LogP contribution in [0, 0.1) is 0 Å². The van der Waals surface area contributed by atoms with Crippen molar-refractivity contribution in [3.8, 4) is 5.75 Å². The maximum absolute atomic E-state index is 11.7. The standard InChI is InChI=1S/C12H10O5S/c1-17-12(14)11-6-9(7-18(11,15)16)8-2-4-10(13)5-3-8/h2-7,13H,1H3. The summed E-state index contributed by atoms with van der Waals surface area (Å²) >= 11 is 0. The van der Waals surface area contributed by atoms with Crippen molar-refractivity contribution in [2.75, 3.05) is 7.11 Å². The topological polar surface area (TPSA) is 80.7 Å². The maximum Gasteiger partial charge on any atom is 0.349 e. The van der Waals surface area contributed by atoms with E-state index in [9.17, 15) is 13.2 Å². The Bertz CT molecular complexity index is 650. The van der Waals surface area contributed by atoms with E-state index in [0.717, 1.165) is 12.5 Å². The summed E-state index contributed by atoms with van der Waals surface area (Å²) in [4.78, 5) is 10.9. The number of rotatable bonds is 2. The van der Waals surface area contributed by atoms with Crippen molar-refractivity contribution in [1.29, 1.82) is 0 Å². The van der Waals surface area contributed by atoms with Gasteiger partial charge >= 0.3 is 5.97 Å². The molecule has 1 aliphatic heterocycles. The molecule has 1 heterocycles. The summed E-state index contributed by atoms with van der Waals surface area (Å²) in [5.41, 5.74) is 0.977. The molecule has 6 heteroatoms. The van der Waals surface area contributed by atoms with Crippen LogP contribution in [0.25, 0.3) is 5.57 Å². The number of hydrogen-bond acceptors (Lipinski definition) is 5. The number of ether oxygens (including phenoxy) is 1. The highest BCUT2D eigenvalue weighted by Gasteiger charge is 2.29. The van der Waals surface area contributed by atoms with Gasteiger partial charge in [-0.1, -0.05) is 12.1 Å². The van der Waals surface area contributed by atoms with Gasteiger partial charge in [0.05, 0.1) is 7.11 Å². The number of hydrogen-bond donors (Lipinski definition) is 1. The van der Waals surface area contributed by atoms with Crippen molar-refractivity contribution in [2.45, 2.75) is 0 Å². The smallest absolute Gasteiger partial charge is 0.349 e. The first kappa shape index (κ1) is 12.4. The summed E-state index contributed by atoms with van der Waals surface area (Å²) in [5.74, 6) is -0.808.